The zero-order valence-electron chi connectivity index (χ0n) is 17.3. The van der Waals surface area contributed by atoms with Crippen LogP contribution < -0.4 is 10.6 Å². The number of anilines is 1. The molecule has 7 heteroatoms. The van der Waals surface area contributed by atoms with Gasteiger partial charge in [-0.05, 0) is 67.1 Å². The van der Waals surface area contributed by atoms with Gasteiger partial charge in [-0.2, -0.15) is 0 Å². The largest absolute Gasteiger partial charge is 0.481 e. The fourth-order valence-corrected chi connectivity index (χ4v) is 3.59. The number of carbonyl (C=O) groups excluding carboxylic acids is 3. The normalized spacial score (nSPS) is 12.5. The second-order valence-corrected chi connectivity index (χ2v) is 7.64. The minimum absolute atomic E-state index is 0.0445. The Morgan fingerprint density at radius 1 is 0.806 bits per heavy atom. The zero-order chi connectivity index (χ0) is 22.2. The van der Waals surface area contributed by atoms with Gasteiger partial charge >= 0.3 is 5.97 Å². The van der Waals surface area contributed by atoms with Crippen molar-refractivity contribution in [3.05, 3.63) is 64.7 Å². The molecule has 0 unspecified atom stereocenters. The number of aliphatic carboxylic acids is 1. The van der Waals surface area contributed by atoms with E-state index in [0.717, 1.165) is 19.3 Å². The first-order valence-electron chi connectivity index (χ1n) is 10.5. The van der Waals surface area contributed by atoms with Gasteiger partial charge in [0.05, 0.1) is 6.42 Å². The van der Waals surface area contributed by atoms with Crippen LogP contribution in [0.15, 0.2) is 42.5 Å². The number of carboxylic acids is 1. The van der Waals surface area contributed by atoms with Crippen LogP contribution in [0.1, 0.15) is 63.9 Å². The summed E-state index contributed by atoms with van der Waals surface area (Å²) in [5.41, 5.74) is 4.11. The molecule has 2 amide bonds. The van der Waals surface area contributed by atoms with Gasteiger partial charge in [0.15, 0.2) is 5.78 Å². The lowest BCUT2D eigenvalue weighted by molar-refractivity contribution is -0.136. The van der Waals surface area contributed by atoms with Crippen LogP contribution in [0.2, 0.25) is 0 Å². The second kappa shape index (κ2) is 10.5. The molecular weight excluding hydrogens is 396 g/mol. The SMILES string of the molecule is O=C(O)CCNC(=O)c1ccc(NC(=O)CCC(=O)c2ccc3c(c2)CCCC3)cc1. The number of rotatable bonds is 9. The summed E-state index contributed by atoms with van der Waals surface area (Å²) in [5.74, 6) is -1.68. The quantitative estimate of drug-likeness (QED) is 0.536. The van der Waals surface area contributed by atoms with Crippen molar-refractivity contribution in [2.45, 2.75) is 44.9 Å². The molecule has 31 heavy (non-hydrogen) atoms. The molecule has 0 spiro atoms. The Hall–Kier alpha value is -3.48. The van der Waals surface area contributed by atoms with Crippen LogP contribution in [0, 0.1) is 0 Å². The Kier molecular flexibility index (Phi) is 7.54. The van der Waals surface area contributed by atoms with Crippen molar-refractivity contribution in [3.63, 3.8) is 0 Å². The maximum atomic E-state index is 12.5. The molecule has 7 nitrogen and oxygen atoms in total. The van der Waals surface area contributed by atoms with Crippen molar-refractivity contribution >= 4 is 29.3 Å². The van der Waals surface area contributed by atoms with Crippen LogP contribution in [-0.4, -0.2) is 35.2 Å². The Bertz CT molecular complexity index is 982. The molecule has 0 aliphatic heterocycles. The summed E-state index contributed by atoms with van der Waals surface area (Å²) < 4.78 is 0. The van der Waals surface area contributed by atoms with Crippen LogP contribution in [-0.2, 0) is 22.4 Å². The number of Topliss-reactive ketones (excluding diaryl/α,β-unsaturated/α-hetero) is 1. The van der Waals surface area contributed by atoms with Crippen LogP contribution in [0.5, 0.6) is 0 Å². The van der Waals surface area contributed by atoms with Gasteiger partial charge in [0.1, 0.15) is 0 Å². The van der Waals surface area contributed by atoms with Gasteiger partial charge in [0, 0.05) is 36.2 Å². The van der Waals surface area contributed by atoms with Crippen LogP contribution >= 0.6 is 0 Å². The van der Waals surface area contributed by atoms with Crippen molar-refractivity contribution in [2.75, 3.05) is 11.9 Å². The average molecular weight is 422 g/mol. The fourth-order valence-electron chi connectivity index (χ4n) is 3.59. The molecule has 0 atom stereocenters. The molecule has 2 aromatic carbocycles. The number of hydrogen-bond acceptors (Lipinski definition) is 4. The summed E-state index contributed by atoms with van der Waals surface area (Å²) in [7, 11) is 0. The third-order valence-electron chi connectivity index (χ3n) is 5.30. The number of ketones is 1. The molecule has 162 valence electrons. The van der Waals surface area contributed by atoms with Gasteiger partial charge in [-0.1, -0.05) is 12.1 Å². The van der Waals surface area contributed by atoms with E-state index in [0.29, 0.717) is 16.8 Å². The minimum atomic E-state index is -0.983. The van der Waals surface area contributed by atoms with Crippen LogP contribution in [0.4, 0.5) is 5.69 Å². The highest BCUT2D eigenvalue weighted by molar-refractivity contribution is 6.00. The van der Waals surface area contributed by atoms with Crippen molar-refractivity contribution in [2.24, 2.45) is 0 Å². The molecule has 0 saturated heterocycles. The third kappa shape index (κ3) is 6.50. The Balaban J connectivity index is 1.46. The van der Waals surface area contributed by atoms with Crippen LogP contribution in [0.25, 0.3) is 0 Å². The molecule has 0 bridgehead atoms. The van der Waals surface area contributed by atoms with E-state index in [-0.39, 0.29) is 43.4 Å². The lowest BCUT2D eigenvalue weighted by atomic mass is 9.89. The Labute approximate surface area is 180 Å². The zero-order valence-corrected chi connectivity index (χ0v) is 17.3. The number of hydrogen-bond donors (Lipinski definition) is 3. The summed E-state index contributed by atoms with van der Waals surface area (Å²) in [4.78, 5) is 47.1. The van der Waals surface area contributed by atoms with Crippen molar-refractivity contribution in [1.82, 2.24) is 5.32 Å². The summed E-state index contributed by atoms with van der Waals surface area (Å²) >= 11 is 0. The standard InChI is InChI=1S/C24H26N2O5/c27-21(19-6-5-16-3-1-2-4-18(16)15-19)11-12-22(28)26-20-9-7-17(8-10-20)24(31)25-14-13-23(29)30/h5-10,15H,1-4,11-14H2,(H,25,31)(H,26,28)(H,29,30). The summed E-state index contributed by atoms with van der Waals surface area (Å²) in [6, 6.07) is 12.1. The highest BCUT2D eigenvalue weighted by Gasteiger charge is 2.14. The maximum absolute atomic E-state index is 12.5. The number of amides is 2. The molecular formula is C24H26N2O5. The van der Waals surface area contributed by atoms with Gasteiger partial charge in [-0.15, -0.1) is 0 Å². The number of aryl methyl sites for hydroxylation is 2. The minimum Gasteiger partial charge on any atom is -0.481 e. The average Bonchev–Trinajstić information content (AvgIpc) is 2.77. The van der Waals surface area contributed by atoms with Crippen LogP contribution in [0.3, 0.4) is 0 Å². The first kappa shape index (κ1) is 22.2. The highest BCUT2D eigenvalue weighted by Crippen LogP contribution is 2.23. The van der Waals surface area contributed by atoms with Crippen molar-refractivity contribution in [1.29, 1.82) is 0 Å². The fraction of sp³-hybridized carbons (Fsp3) is 0.333. The van der Waals surface area contributed by atoms with E-state index in [9.17, 15) is 19.2 Å². The molecule has 3 rings (SSSR count). The molecule has 0 radical (unpaired) electrons. The highest BCUT2D eigenvalue weighted by atomic mass is 16.4. The summed E-state index contributed by atoms with van der Waals surface area (Å²) in [6.45, 7) is 0.0465. The van der Waals surface area contributed by atoms with E-state index in [1.165, 1.54) is 17.5 Å². The van der Waals surface area contributed by atoms with E-state index in [1.807, 2.05) is 18.2 Å². The van der Waals surface area contributed by atoms with Gasteiger partial charge < -0.3 is 15.7 Å². The first-order chi connectivity index (χ1) is 14.9. The molecule has 0 aromatic heterocycles. The van der Waals surface area contributed by atoms with Gasteiger partial charge in [-0.25, -0.2) is 0 Å². The van der Waals surface area contributed by atoms with E-state index in [4.69, 9.17) is 5.11 Å². The summed E-state index contributed by atoms with van der Waals surface area (Å²) in [6.07, 6.45) is 4.47. The van der Waals surface area contributed by atoms with Gasteiger partial charge in [0.25, 0.3) is 5.91 Å². The number of nitrogens with one attached hydrogen (secondary N) is 2. The summed E-state index contributed by atoms with van der Waals surface area (Å²) in [5, 5.41) is 13.8. The molecule has 0 heterocycles. The number of carboxylic acid groups (broad SMARTS) is 1. The smallest absolute Gasteiger partial charge is 0.305 e. The molecule has 0 fully saturated rings. The van der Waals surface area contributed by atoms with Gasteiger partial charge in [-0.3, -0.25) is 19.2 Å². The lowest BCUT2D eigenvalue weighted by Gasteiger charge is -2.16. The van der Waals surface area contributed by atoms with E-state index in [1.54, 1.807) is 24.3 Å². The molecule has 1 aliphatic rings. The van der Waals surface area contributed by atoms with Crippen molar-refractivity contribution in [3.8, 4) is 0 Å². The topological polar surface area (TPSA) is 113 Å². The Morgan fingerprint density at radius 3 is 2.19 bits per heavy atom. The van der Waals surface area contributed by atoms with E-state index in [2.05, 4.69) is 10.6 Å². The second-order valence-electron chi connectivity index (χ2n) is 7.64. The third-order valence-corrected chi connectivity index (χ3v) is 5.30. The maximum Gasteiger partial charge on any atom is 0.305 e. The lowest BCUT2D eigenvalue weighted by Crippen LogP contribution is -2.25. The molecule has 0 saturated carbocycles. The monoisotopic (exact) mass is 422 g/mol. The van der Waals surface area contributed by atoms with Gasteiger partial charge in [0.2, 0.25) is 5.91 Å². The molecule has 3 N–H and O–H groups in total. The molecule has 1 aliphatic carbocycles. The number of benzene rings is 2. The van der Waals surface area contributed by atoms with Crippen molar-refractivity contribution < 1.29 is 24.3 Å². The van der Waals surface area contributed by atoms with E-state index < -0.39 is 5.97 Å². The van der Waals surface area contributed by atoms with E-state index >= 15 is 0 Å². The Morgan fingerprint density at radius 2 is 1.48 bits per heavy atom. The first-order valence-corrected chi connectivity index (χ1v) is 10.5. The molecule has 2 aromatic rings. The predicted octanol–water partition coefficient (Wildman–Crippen LogP) is 3.37. The number of fused-ring (bicyclic) bond motifs is 1. The number of carbonyl (C=O) groups is 4. The predicted molar refractivity (Wildman–Crippen MR) is 116 cm³/mol.